The summed E-state index contributed by atoms with van der Waals surface area (Å²) in [5, 5.41) is 11.5. The van der Waals surface area contributed by atoms with Gasteiger partial charge in [0, 0.05) is 25.7 Å². The molecule has 3 rings (SSSR count). The first-order valence-electron chi connectivity index (χ1n) is 7.60. The summed E-state index contributed by atoms with van der Waals surface area (Å²) in [5.41, 5.74) is 0. The predicted molar refractivity (Wildman–Crippen MR) is 80.2 cm³/mol. The lowest BCUT2D eigenvalue weighted by molar-refractivity contribution is -0.154. The Morgan fingerprint density at radius 1 is 1.28 bits per heavy atom. The van der Waals surface area contributed by atoms with Gasteiger partial charge in [-0.1, -0.05) is 5.16 Å². The molecule has 25 heavy (non-hydrogen) atoms. The number of aryl methyl sites for hydroxylation is 1. The van der Waals surface area contributed by atoms with Gasteiger partial charge in [0.25, 0.3) is 0 Å². The minimum absolute atomic E-state index is 0.0992. The number of ether oxygens (including phenoxy) is 1. The summed E-state index contributed by atoms with van der Waals surface area (Å²) in [7, 11) is 1.96. The maximum absolute atomic E-state index is 12.1. The zero-order chi connectivity index (χ0) is 18.0. The van der Waals surface area contributed by atoms with Crippen LogP contribution in [0.1, 0.15) is 17.8 Å². The van der Waals surface area contributed by atoms with Gasteiger partial charge in [0.05, 0.1) is 0 Å². The van der Waals surface area contributed by atoms with Gasteiger partial charge in [0.2, 0.25) is 11.8 Å². The van der Waals surface area contributed by atoms with Crippen molar-refractivity contribution in [2.75, 3.05) is 38.2 Å². The van der Waals surface area contributed by atoms with Crippen LogP contribution < -0.4 is 9.64 Å². The molecule has 2 aromatic heterocycles. The lowest BCUT2D eigenvalue weighted by atomic mass is 10.1. The molecule has 1 unspecified atom stereocenters. The summed E-state index contributed by atoms with van der Waals surface area (Å²) in [6.45, 7) is 2.33. The van der Waals surface area contributed by atoms with Crippen molar-refractivity contribution >= 4 is 5.82 Å². The highest BCUT2D eigenvalue weighted by molar-refractivity contribution is 5.39. The van der Waals surface area contributed by atoms with E-state index in [2.05, 4.69) is 30.0 Å². The van der Waals surface area contributed by atoms with E-state index in [0.29, 0.717) is 30.6 Å². The summed E-state index contributed by atoms with van der Waals surface area (Å²) >= 11 is 0. The summed E-state index contributed by atoms with van der Waals surface area (Å²) in [6.07, 6.45) is -4.41. The van der Waals surface area contributed by atoms with Gasteiger partial charge < -0.3 is 14.2 Å². The second-order valence-corrected chi connectivity index (χ2v) is 5.76. The quantitative estimate of drug-likeness (QED) is 0.815. The van der Waals surface area contributed by atoms with E-state index in [-0.39, 0.29) is 11.9 Å². The zero-order valence-corrected chi connectivity index (χ0v) is 13.7. The first-order valence-corrected chi connectivity index (χ1v) is 7.60. The summed E-state index contributed by atoms with van der Waals surface area (Å²) in [6, 6.07) is 2.86. The summed E-state index contributed by atoms with van der Waals surface area (Å²) in [5.74, 6) is 1.46. The molecule has 1 aliphatic heterocycles. The third kappa shape index (κ3) is 4.35. The number of halogens is 3. The first-order chi connectivity index (χ1) is 11.8. The van der Waals surface area contributed by atoms with Crippen molar-refractivity contribution in [2.45, 2.75) is 19.1 Å². The SMILES string of the molecule is Cc1noc(C2CN(c3ccc(OCC(F)(F)F)nn3)CCN2C)n1. The monoisotopic (exact) mass is 358 g/mol. The molecule has 0 bridgehead atoms. The zero-order valence-electron chi connectivity index (χ0n) is 13.7. The largest absolute Gasteiger partial charge is 0.467 e. The molecule has 1 fully saturated rings. The molecule has 1 atom stereocenters. The highest BCUT2D eigenvalue weighted by Gasteiger charge is 2.31. The first kappa shape index (κ1) is 17.4. The average molecular weight is 358 g/mol. The number of hydrogen-bond donors (Lipinski definition) is 0. The standard InChI is InChI=1S/C14H17F3N6O2/c1-9-18-13(25-21-9)10-7-23(6-5-22(10)2)11-3-4-12(20-19-11)24-8-14(15,16)17/h3-4,10H,5-8H2,1-2H3. The maximum Gasteiger partial charge on any atom is 0.422 e. The Morgan fingerprint density at radius 3 is 2.68 bits per heavy atom. The molecule has 3 heterocycles. The Labute approximate surface area is 141 Å². The average Bonchev–Trinajstić information content (AvgIpc) is 2.99. The molecule has 0 aromatic carbocycles. The number of rotatable bonds is 4. The fourth-order valence-electron chi connectivity index (χ4n) is 2.51. The summed E-state index contributed by atoms with van der Waals surface area (Å²) < 4.78 is 46.3. The van der Waals surface area contributed by atoms with Crippen molar-refractivity contribution in [3.05, 3.63) is 23.8 Å². The van der Waals surface area contributed by atoms with Gasteiger partial charge in [-0.15, -0.1) is 10.2 Å². The van der Waals surface area contributed by atoms with E-state index in [0.717, 1.165) is 6.54 Å². The van der Waals surface area contributed by atoms with Crippen molar-refractivity contribution in [3.8, 4) is 5.88 Å². The molecule has 11 heteroatoms. The van der Waals surface area contributed by atoms with Gasteiger partial charge in [-0.05, 0) is 20.0 Å². The molecule has 0 saturated carbocycles. The van der Waals surface area contributed by atoms with Crippen molar-refractivity contribution in [1.82, 2.24) is 25.2 Å². The lowest BCUT2D eigenvalue weighted by Gasteiger charge is -2.37. The number of piperazine rings is 1. The van der Waals surface area contributed by atoms with Crippen LogP contribution in [0.3, 0.4) is 0 Å². The fourth-order valence-corrected chi connectivity index (χ4v) is 2.51. The molecule has 0 radical (unpaired) electrons. The number of aromatic nitrogens is 4. The molecule has 2 aromatic rings. The van der Waals surface area contributed by atoms with Crippen LogP contribution in [-0.2, 0) is 0 Å². The van der Waals surface area contributed by atoms with E-state index < -0.39 is 12.8 Å². The van der Waals surface area contributed by atoms with Crippen molar-refractivity contribution in [2.24, 2.45) is 0 Å². The van der Waals surface area contributed by atoms with E-state index in [9.17, 15) is 13.2 Å². The van der Waals surface area contributed by atoms with Gasteiger partial charge in [0.15, 0.2) is 18.2 Å². The Hall–Kier alpha value is -2.43. The van der Waals surface area contributed by atoms with Crippen molar-refractivity contribution < 1.29 is 22.4 Å². The van der Waals surface area contributed by atoms with Crippen LogP contribution in [0, 0.1) is 6.92 Å². The smallest absolute Gasteiger partial charge is 0.422 e. The number of alkyl halides is 3. The van der Waals surface area contributed by atoms with Gasteiger partial charge >= 0.3 is 6.18 Å². The third-order valence-electron chi connectivity index (χ3n) is 3.81. The van der Waals surface area contributed by atoms with Crippen LogP contribution >= 0.6 is 0 Å². The Balaban J connectivity index is 1.67. The van der Waals surface area contributed by atoms with Crippen molar-refractivity contribution in [1.29, 1.82) is 0 Å². The fraction of sp³-hybridized carbons (Fsp3) is 0.571. The number of likely N-dealkylation sites (N-methyl/N-ethyl adjacent to an activating group) is 1. The number of anilines is 1. The van der Waals surface area contributed by atoms with E-state index in [1.54, 1.807) is 13.0 Å². The van der Waals surface area contributed by atoms with Crippen molar-refractivity contribution in [3.63, 3.8) is 0 Å². The topological polar surface area (TPSA) is 80.4 Å². The van der Waals surface area contributed by atoms with E-state index in [1.165, 1.54) is 6.07 Å². The van der Waals surface area contributed by atoms with Gasteiger partial charge in [-0.3, -0.25) is 4.90 Å². The molecule has 0 aliphatic carbocycles. The molecular formula is C14H17F3N6O2. The molecular weight excluding hydrogens is 341 g/mol. The van der Waals surface area contributed by atoms with Crippen LogP contribution in [0.15, 0.2) is 16.7 Å². The van der Waals surface area contributed by atoms with Crippen LogP contribution in [0.4, 0.5) is 19.0 Å². The van der Waals surface area contributed by atoms with Crippen LogP contribution in [0.2, 0.25) is 0 Å². The Morgan fingerprint density at radius 2 is 2.08 bits per heavy atom. The van der Waals surface area contributed by atoms with Crippen LogP contribution in [0.25, 0.3) is 0 Å². The maximum atomic E-state index is 12.1. The van der Waals surface area contributed by atoms with E-state index in [4.69, 9.17) is 4.52 Å². The Bertz CT molecular complexity index is 705. The second kappa shape index (κ2) is 6.82. The van der Waals surface area contributed by atoms with E-state index >= 15 is 0 Å². The Kier molecular flexibility index (Phi) is 4.75. The molecule has 1 aliphatic rings. The molecule has 0 spiro atoms. The van der Waals surface area contributed by atoms with Gasteiger partial charge in [0.1, 0.15) is 6.04 Å². The highest BCUT2D eigenvalue weighted by Crippen LogP contribution is 2.26. The lowest BCUT2D eigenvalue weighted by Crippen LogP contribution is -2.47. The van der Waals surface area contributed by atoms with Gasteiger partial charge in [-0.25, -0.2) is 0 Å². The summed E-state index contributed by atoms with van der Waals surface area (Å²) in [4.78, 5) is 8.32. The molecule has 1 saturated heterocycles. The third-order valence-corrected chi connectivity index (χ3v) is 3.81. The molecule has 0 amide bonds. The van der Waals surface area contributed by atoms with Crippen LogP contribution in [-0.4, -0.2) is 64.7 Å². The van der Waals surface area contributed by atoms with Gasteiger partial charge in [-0.2, -0.15) is 18.2 Å². The minimum Gasteiger partial charge on any atom is -0.467 e. The normalized spacial score (nSPS) is 19.2. The predicted octanol–water partition coefficient (Wildman–Crippen LogP) is 1.60. The highest BCUT2D eigenvalue weighted by atomic mass is 19.4. The minimum atomic E-state index is -4.41. The molecule has 136 valence electrons. The second-order valence-electron chi connectivity index (χ2n) is 5.76. The van der Waals surface area contributed by atoms with Crippen LogP contribution in [0.5, 0.6) is 5.88 Å². The van der Waals surface area contributed by atoms with E-state index in [1.807, 2.05) is 11.9 Å². The molecule has 8 nitrogen and oxygen atoms in total. The number of hydrogen-bond acceptors (Lipinski definition) is 8. The number of nitrogens with zero attached hydrogens (tertiary/aromatic N) is 6. The molecule has 0 N–H and O–H groups in total.